The lowest BCUT2D eigenvalue weighted by molar-refractivity contribution is 0.102. The van der Waals surface area contributed by atoms with Gasteiger partial charge in [0, 0.05) is 16.2 Å². The van der Waals surface area contributed by atoms with Gasteiger partial charge in [0.05, 0.1) is 0 Å². The van der Waals surface area contributed by atoms with E-state index in [-0.39, 0.29) is 5.91 Å². The number of ether oxygens (including phenoxy) is 1. The maximum Gasteiger partial charge on any atom is 0.255 e. The fraction of sp³-hybridized carbons (Fsp3) is 0.0526. The Hall–Kier alpha value is -2.66. The van der Waals surface area contributed by atoms with Crippen LogP contribution in [-0.4, -0.2) is 10.9 Å². The van der Waals surface area contributed by atoms with E-state index in [2.05, 4.69) is 26.2 Å². The number of nitrogens with zero attached hydrogens (tertiary/aromatic N) is 1. The number of carbonyl (C=O) groups is 1. The molecule has 0 spiro atoms. The number of rotatable bonds is 5. The molecule has 3 aromatic rings. The lowest BCUT2D eigenvalue weighted by Crippen LogP contribution is -2.13. The van der Waals surface area contributed by atoms with Crippen LogP contribution in [0.4, 0.5) is 5.69 Å². The van der Waals surface area contributed by atoms with E-state index in [9.17, 15) is 4.79 Å². The van der Waals surface area contributed by atoms with Gasteiger partial charge in [-0.1, -0.05) is 46.3 Å². The van der Waals surface area contributed by atoms with Gasteiger partial charge in [0.25, 0.3) is 5.91 Å². The molecule has 120 valence electrons. The lowest BCUT2D eigenvalue weighted by atomic mass is 10.2. The van der Waals surface area contributed by atoms with Crippen LogP contribution >= 0.6 is 15.9 Å². The molecule has 1 aromatic heterocycles. The molecule has 0 aliphatic heterocycles. The average Bonchev–Trinajstić information content (AvgIpc) is 2.63. The highest BCUT2D eigenvalue weighted by Gasteiger charge is 2.10. The van der Waals surface area contributed by atoms with Crippen molar-refractivity contribution in [2.24, 2.45) is 0 Å². The SMILES string of the molecule is O=C(Nc1cccnc1OCc1ccc(Br)cc1)c1ccccc1. The van der Waals surface area contributed by atoms with Gasteiger partial charge < -0.3 is 10.1 Å². The van der Waals surface area contributed by atoms with E-state index in [0.29, 0.717) is 23.7 Å². The van der Waals surface area contributed by atoms with E-state index < -0.39 is 0 Å². The number of aromatic nitrogens is 1. The monoisotopic (exact) mass is 382 g/mol. The summed E-state index contributed by atoms with van der Waals surface area (Å²) in [6, 6.07) is 20.4. The minimum atomic E-state index is -0.197. The van der Waals surface area contributed by atoms with Crippen LogP contribution in [-0.2, 0) is 6.61 Å². The number of amides is 1. The topological polar surface area (TPSA) is 51.2 Å². The van der Waals surface area contributed by atoms with Crippen molar-refractivity contribution in [1.82, 2.24) is 4.98 Å². The van der Waals surface area contributed by atoms with Gasteiger partial charge in [0.1, 0.15) is 12.3 Å². The first-order valence-electron chi connectivity index (χ1n) is 7.41. The zero-order chi connectivity index (χ0) is 16.8. The van der Waals surface area contributed by atoms with Gasteiger partial charge in [-0.15, -0.1) is 0 Å². The van der Waals surface area contributed by atoms with Crippen molar-refractivity contribution >= 4 is 27.5 Å². The number of halogens is 1. The van der Waals surface area contributed by atoms with Crippen LogP contribution in [0.15, 0.2) is 77.4 Å². The fourth-order valence-corrected chi connectivity index (χ4v) is 2.38. The third-order valence-electron chi connectivity index (χ3n) is 3.34. The highest BCUT2D eigenvalue weighted by molar-refractivity contribution is 9.10. The van der Waals surface area contributed by atoms with Crippen molar-refractivity contribution in [1.29, 1.82) is 0 Å². The molecule has 5 heteroatoms. The Bertz CT molecular complexity index is 820. The normalized spacial score (nSPS) is 10.2. The Morgan fingerprint density at radius 2 is 1.75 bits per heavy atom. The zero-order valence-electron chi connectivity index (χ0n) is 12.8. The summed E-state index contributed by atoms with van der Waals surface area (Å²) in [6.07, 6.45) is 1.63. The minimum absolute atomic E-state index is 0.197. The maximum atomic E-state index is 12.3. The number of carbonyl (C=O) groups excluding carboxylic acids is 1. The summed E-state index contributed by atoms with van der Waals surface area (Å²) in [4.78, 5) is 16.5. The standard InChI is InChI=1S/C19H15BrN2O2/c20-16-10-8-14(9-11-16)13-24-19-17(7-4-12-21-19)22-18(23)15-5-2-1-3-6-15/h1-12H,13H2,(H,22,23). The number of benzene rings is 2. The van der Waals surface area contributed by atoms with Gasteiger partial charge in [-0.2, -0.15) is 0 Å². The zero-order valence-corrected chi connectivity index (χ0v) is 14.4. The molecule has 4 nitrogen and oxygen atoms in total. The van der Waals surface area contributed by atoms with Crippen LogP contribution in [0.1, 0.15) is 15.9 Å². The Morgan fingerprint density at radius 1 is 1.00 bits per heavy atom. The van der Waals surface area contributed by atoms with E-state index in [1.165, 1.54) is 0 Å². The molecule has 24 heavy (non-hydrogen) atoms. The minimum Gasteiger partial charge on any atom is -0.471 e. The van der Waals surface area contributed by atoms with Crippen LogP contribution in [0, 0.1) is 0 Å². The molecular formula is C19H15BrN2O2. The van der Waals surface area contributed by atoms with Gasteiger partial charge in [0.15, 0.2) is 0 Å². The largest absolute Gasteiger partial charge is 0.471 e. The molecule has 0 aliphatic carbocycles. The van der Waals surface area contributed by atoms with Crippen LogP contribution < -0.4 is 10.1 Å². The van der Waals surface area contributed by atoms with Gasteiger partial charge in [-0.25, -0.2) is 4.98 Å². The number of hydrogen-bond donors (Lipinski definition) is 1. The predicted molar refractivity (Wildman–Crippen MR) is 97.1 cm³/mol. The van der Waals surface area contributed by atoms with Crippen molar-refractivity contribution in [3.05, 3.63) is 88.5 Å². The molecule has 0 radical (unpaired) electrons. The van der Waals surface area contributed by atoms with Crippen molar-refractivity contribution in [2.75, 3.05) is 5.32 Å². The fourth-order valence-electron chi connectivity index (χ4n) is 2.12. The van der Waals surface area contributed by atoms with Gasteiger partial charge >= 0.3 is 0 Å². The first-order chi connectivity index (χ1) is 11.7. The molecule has 1 heterocycles. The first kappa shape index (κ1) is 16.2. The molecule has 1 amide bonds. The quantitative estimate of drug-likeness (QED) is 0.696. The van der Waals surface area contributed by atoms with Gasteiger partial charge in [-0.05, 0) is 42.0 Å². The van der Waals surface area contributed by atoms with Gasteiger partial charge in [-0.3, -0.25) is 4.79 Å². The number of pyridine rings is 1. The van der Waals surface area contributed by atoms with E-state index in [4.69, 9.17) is 4.74 Å². The Morgan fingerprint density at radius 3 is 2.50 bits per heavy atom. The molecule has 0 saturated carbocycles. The van der Waals surface area contributed by atoms with Crippen molar-refractivity contribution in [2.45, 2.75) is 6.61 Å². The second-order valence-corrected chi connectivity index (χ2v) is 6.01. The number of anilines is 1. The summed E-state index contributed by atoms with van der Waals surface area (Å²) in [5.74, 6) is 0.196. The Balaban J connectivity index is 1.71. The molecule has 0 atom stereocenters. The predicted octanol–water partition coefficient (Wildman–Crippen LogP) is 4.68. The van der Waals surface area contributed by atoms with Crippen LogP contribution in [0.3, 0.4) is 0 Å². The van der Waals surface area contributed by atoms with E-state index in [0.717, 1.165) is 10.0 Å². The van der Waals surface area contributed by atoms with E-state index in [1.54, 1.807) is 30.5 Å². The summed E-state index contributed by atoms with van der Waals surface area (Å²) in [5.41, 5.74) is 2.15. The van der Waals surface area contributed by atoms with Crippen LogP contribution in [0.5, 0.6) is 5.88 Å². The Kier molecular flexibility index (Phi) is 5.23. The molecule has 0 bridgehead atoms. The van der Waals surface area contributed by atoms with Crippen molar-refractivity contribution in [3.63, 3.8) is 0 Å². The molecule has 0 unspecified atom stereocenters. The molecular weight excluding hydrogens is 368 g/mol. The molecule has 0 fully saturated rings. The lowest BCUT2D eigenvalue weighted by Gasteiger charge is -2.11. The average molecular weight is 383 g/mol. The summed E-state index contributed by atoms with van der Waals surface area (Å²) in [7, 11) is 0. The highest BCUT2D eigenvalue weighted by atomic mass is 79.9. The Labute approximate surface area is 148 Å². The van der Waals surface area contributed by atoms with E-state index in [1.807, 2.05) is 42.5 Å². The molecule has 3 rings (SSSR count). The first-order valence-corrected chi connectivity index (χ1v) is 8.20. The molecule has 2 aromatic carbocycles. The molecule has 0 saturated heterocycles. The van der Waals surface area contributed by atoms with Crippen molar-refractivity contribution < 1.29 is 9.53 Å². The second kappa shape index (κ2) is 7.75. The van der Waals surface area contributed by atoms with Crippen molar-refractivity contribution in [3.8, 4) is 5.88 Å². The summed E-state index contributed by atoms with van der Waals surface area (Å²) in [5, 5.41) is 2.84. The smallest absolute Gasteiger partial charge is 0.255 e. The third kappa shape index (κ3) is 4.20. The highest BCUT2D eigenvalue weighted by Crippen LogP contribution is 2.22. The maximum absolute atomic E-state index is 12.3. The van der Waals surface area contributed by atoms with Crippen LogP contribution in [0.2, 0.25) is 0 Å². The summed E-state index contributed by atoms with van der Waals surface area (Å²) in [6.45, 7) is 0.374. The van der Waals surface area contributed by atoms with E-state index >= 15 is 0 Å². The molecule has 1 N–H and O–H groups in total. The third-order valence-corrected chi connectivity index (χ3v) is 3.87. The molecule has 0 aliphatic rings. The second-order valence-electron chi connectivity index (χ2n) is 5.09. The summed E-state index contributed by atoms with van der Waals surface area (Å²) < 4.78 is 6.77. The number of hydrogen-bond acceptors (Lipinski definition) is 3. The van der Waals surface area contributed by atoms with Gasteiger partial charge in [0.2, 0.25) is 5.88 Å². The number of nitrogens with one attached hydrogen (secondary N) is 1. The summed E-state index contributed by atoms with van der Waals surface area (Å²) >= 11 is 3.40. The van der Waals surface area contributed by atoms with Crippen LogP contribution in [0.25, 0.3) is 0 Å².